The first-order valence-corrected chi connectivity index (χ1v) is 17.6. The van der Waals surface area contributed by atoms with Crippen LogP contribution in [0.25, 0.3) is 0 Å². The predicted molar refractivity (Wildman–Crippen MR) is 193 cm³/mol. The van der Waals surface area contributed by atoms with E-state index in [0.717, 1.165) is 59.7 Å². The fraction of sp³-hybridized carbons (Fsp3) is 0.125. The Hall–Kier alpha value is -2.72. The number of thiocarbonyl (C=S) groups is 2. The van der Waals surface area contributed by atoms with Crippen molar-refractivity contribution in [2.45, 2.75) is 24.9 Å². The van der Waals surface area contributed by atoms with Gasteiger partial charge in [-0.15, -0.1) is 0 Å². The summed E-state index contributed by atoms with van der Waals surface area (Å²) >= 11 is 22.9. The van der Waals surface area contributed by atoms with Gasteiger partial charge in [0, 0.05) is 22.9 Å². The monoisotopic (exact) mass is 763 g/mol. The molecule has 2 aliphatic heterocycles. The summed E-state index contributed by atoms with van der Waals surface area (Å²) in [4.78, 5) is 0. The summed E-state index contributed by atoms with van der Waals surface area (Å²) in [5.41, 5.74) is 18.0. The third kappa shape index (κ3) is 9.64. The summed E-state index contributed by atoms with van der Waals surface area (Å²) < 4.78 is 0. The Balaban J connectivity index is 0.000000189. The van der Waals surface area contributed by atoms with E-state index in [2.05, 4.69) is 30.4 Å². The van der Waals surface area contributed by atoms with E-state index in [0.29, 0.717) is 10.0 Å². The van der Waals surface area contributed by atoms with Gasteiger partial charge in [0.15, 0.2) is 10.2 Å². The first kappa shape index (κ1) is 35.1. The normalized spacial score (nSPS) is 17.0. The van der Waals surface area contributed by atoms with Gasteiger partial charge in [-0.25, -0.2) is 10.0 Å². The molecule has 0 unspecified atom stereocenters. The summed E-state index contributed by atoms with van der Waals surface area (Å²) in [7, 11) is 9.34. The number of nitrogens with two attached hydrogens (primary N) is 2. The van der Waals surface area contributed by atoms with Crippen molar-refractivity contribution >= 4 is 89.5 Å². The quantitative estimate of drug-likeness (QED) is 0.160. The van der Waals surface area contributed by atoms with Gasteiger partial charge in [0.1, 0.15) is 0 Å². The van der Waals surface area contributed by atoms with Crippen LogP contribution in [-0.2, 0) is 13.1 Å². The number of benzene rings is 4. The van der Waals surface area contributed by atoms with E-state index in [1.165, 1.54) is 0 Å². The molecule has 0 saturated heterocycles. The van der Waals surface area contributed by atoms with Crippen LogP contribution in [0.2, 0.25) is 10.0 Å². The zero-order chi connectivity index (χ0) is 32.3. The summed E-state index contributed by atoms with van der Waals surface area (Å²) in [6.07, 6.45) is 1.53. The molecule has 45 heavy (non-hydrogen) atoms. The topological polar surface area (TPSA) is 83.2 Å². The molecule has 6 nitrogen and oxygen atoms in total. The van der Waals surface area contributed by atoms with Crippen LogP contribution < -0.4 is 11.5 Å². The van der Waals surface area contributed by atoms with Crippen molar-refractivity contribution in [1.82, 2.24) is 10.0 Å². The van der Waals surface area contributed by atoms with Crippen molar-refractivity contribution in [3.63, 3.8) is 0 Å². The predicted octanol–water partition coefficient (Wildman–Crippen LogP) is 8.85. The van der Waals surface area contributed by atoms with E-state index in [9.17, 15) is 0 Å². The Kier molecular flexibility index (Phi) is 13.5. The van der Waals surface area contributed by atoms with E-state index < -0.39 is 0 Å². The molecule has 0 bridgehead atoms. The molecule has 0 radical (unpaired) electrons. The summed E-state index contributed by atoms with van der Waals surface area (Å²) in [5, 5.41) is 14.6. The molecule has 13 heteroatoms. The van der Waals surface area contributed by atoms with Crippen LogP contribution in [0.15, 0.2) is 119 Å². The Morgan fingerprint density at radius 3 is 1.20 bits per heavy atom. The zero-order valence-corrected chi connectivity index (χ0v) is 29.1. The van der Waals surface area contributed by atoms with Crippen LogP contribution in [-0.4, -0.2) is 31.7 Å². The van der Waals surface area contributed by atoms with Gasteiger partial charge in [-0.05, 0) is 71.0 Å². The van der Waals surface area contributed by atoms with E-state index >= 15 is 0 Å². The van der Waals surface area contributed by atoms with Crippen LogP contribution in [0.4, 0.5) is 0 Å². The van der Waals surface area contributed by atoms with Gasteiger partial charge in [0.05, 0.1) is 23.5 Å². The SMILES string of the molecule is NC(=S)N1N=C(c2ccccc2)C[C@@H]1c1ccc(Cl)cc1.NC(=S)N1N=C(c2ccccc2)C[C@@H]1c1ccc(Cl)cc1.[Cl][Cu][Cl]. The maximum absolute atomic E-state index is 5.95. The average Bonchev–Trinajstić information content (AvgIpc) is 3.70. The molecule has 4 N–H and O–H groups in total. The van der Waals surface area contributed by atoms with Gasteiger partial charge < -0.3 is 11.5 Å². The Morgan fingerprint density at radius 1 is 0.600 bits per heavy atom. The fourth-order valence-electron chi connectivity index (χ4n) is 4.93. The van der Waals surface area contributed by atoms with E-state index in [1.54, 1.807) is 10.0 Å². The van der Waals surface area contributed by atoms with Gasteiger partial charge in [0.2, 0.25) is 0 Å². The van der Waals surface area contributed by atoms with Gasteiger partial charge in [-0.1, -0.05) is 108 Å². The molecule has 2 aliphatic rings. The van der Waals surface area contributed by atoms with Crippen LogP contribution >= 0.6 is 67.8 Å². The third-order valence-corrected chi connectivity index (χ3v) is 7.87. The van der Waals surface area contributed by atoms with E-state index in [4.69, 9.17) is 59.1 Å². The van der Waals surface area contributed by atoms with Crippen molar-refractivity contribution in [3.8, 4) is 0 Å². The van der Waals surface area contributed by atoms with Gasteiger partial charge >= 0.3 is 33.3 Å². The van der Waals surface area contributed by atoms with Crippen LogP contribution in [0, 0.1) is 0 Å². The second-order valence-electron chi connectivity index (χ2n) is 9.78. The molecule has 0 aliphatic carbocycles. The van der Waals surface area contributed by atoms with Crippen molar-refractivity contribution < 1.29 is 13.1 Å². The molecule has 237 valence electrons. The standard InChI is InChI=1S/2C16H14ClN3S.2ClH.Cu/c2*17-13-8-6-12(7-9-13)15-10-14(19-20(15)16(18)21)11-4-2-1-3-5-11;;;/h2*1-9,15H,10H2,(H2,18,21);2*1H;/q;;;;+2/p-2/t2*15-;;;/m11.../s1. The van der Waals surface area contributed by atoms with E-state index in [1.807, 2.05) is 109 Å². The number of hydrogen-bond donors (Lipinski definition) is 2. The number of rotatable bonds is 4. The van der Waals surface area contributed by atoms with Crippen LogP contribution in [0.5, 0.6) is 0 Å². The molecule has 0 amide bonds. The first-order chi connectivity index (χ1) is 21.7. The van der Waals surface area contributed by atoms with Crippen molar-refractivity contribution in [3.05, 3.63) is 141 Å². The zero-order valence-electron chi connectivity index (χ0n) is 23.5. The molecule has 6 rings (SSSR count). The molecule has 0 spiro atoms. The average molecular weight is 766 g/mol. The Labute approximate surface area is 298 Å². The second kappa shape index (κ2) is 17.3. The van der Waals surface area contributed by atoms with Crippen LogP contribution in [0.1, 0.15) is 47.2 Å². The summed E-state index contributed by atoms with van der Waals surface area (Å²) in [6, 6.07) is 35.6. The van der Waals surface area contributed by atoms with Crippen molar-refractivity contribution in [1.29, 1.82) is 0 Å². The van der Waals surface area contributed by atoms with Crippen molar-refractivity contribution in [2.75, 3.05) is 0 Å². The Bertz CT molecular complexity index is 1520. The molecular weight excluding hydrogens is 738 g/mol. The molecule has 0 aromatic heterocycles. The molecule has 4 aromatic carbocycles. The number of hydrogen-bond acceptors (Lipinski definition) is 4. The van der Waals surface area contributed by atoms with Gasteiger partial charge in [-0.2, -0.15) is 10.2 Å². The van der Waals surface area contributed by atoms with Crippen molar-refractivity contribution in [2.24, 2.45) is 21.7 Å². The van der Waals surface area contributed by atoms with Gasteiger partial charge in [-0.3, -0.25) is 0 Å². The minimum atomic E-state index is 0.0231. The third-order valence-electron chi connectivity index (χ3n) is 7.00. The molecular formula is C32H28Cl4CuN6S2. The minimum absolute atomic E-state index is 0.0231. The van der Waals surface area contributed by atoms with E-state index in [-0.39, 0.29) is 22.3 Å². The molecule has 4 aromatic rings. The molecule has 2 atom stereocenters. The molecule has 0 saturated carbocycles. The maximum atomic E-state index is 5.95. The van der Waals surface area contributed by atoms with Crippen LogP contribution in [0.3, 0.4) is 0 Å². The fourth-order valence-corrected chi connectivity index (χ4v) is 5.51. The molecule has 0 fully saturated rings. The summed E-state index contributed by atoms with van der Waals surface area (Å²) in [6.45, 7) is 0. The number of hydrazone groups is 2. The summed E-state index contributed by atoms with van der Waals surface area (Å²) in [5.74, 6) is 0. The molecule has 2 heterocycles. The number of halogens is 4. The second-order valence-corrected chi connectivity index (χ2v) is 13.0. The first-order valence-electron chi connectivity index (χ1n) is 13.5. The number of nitrogens with zero attached hydrogens (tertiary/aromatic N) is 4. The van der Waals surface area contributed by atoms with Gasteiger partial charge in [0.25, 0.3) is 0 Å². The Morgan fingerprint density at radius 2 is 0.911 bits per heavy atom.